The molecular weight excluding hydrogens is 426 g/mol. The van der Waals surface area contributed by atoms with E-state index in [1.165, 1.54) is 28.7 Å². The topological polar surface area (TPSA) is 74.8 Å². The molecule has 0 aliphatic heterocycles. The second kappa shape index (κ2) is 9.49. The number of carbonyl (C=O) groups is 1. The summed E-state index contributed by atoms with van der Waals surface area (Å²) in [6.07, 6.45) is 0.965. The number of H-pyrrole nitrogens is 1. The lowest BCUT2D eigenvalue weighted by Gasteiger charge is -2.12. The number of fused-ring (bicyclic) bond motifs is 1. The molecule has 1 unspecified atom stereocenters. The Bertz CT molecular complexity index is 1250. The summed E-state index contributed by atoms with van der Waals surface area (Å²) in [4.78, 5) is 33.5. The van der Waals surface area contributed by atoms with Gasteiger partial charge in [-0.1, -0.05) is 49.4 Å². The number of nitrogens with zero attached hydrogens (tertiary/aromatic N) is 1. The fraction of sp³-hybridized carbons (Fsp3) is 0.208. The first-order chi connectivity index (χ1) is 15.0. The van der Waals surface area contributed by atoms with Gasteiger partial charge in [-0.25, -0.2) is 4.98 Å². The third kappa shape index (κ3) is 4.89. The van der Waals surface area contributed by atoms with Crippen LogP contribution in [0.25, 0.3) is 21.3 Å². The molecule has 1 amide bonds. The van der Waals surface area contributed by atoms with E-state index in [4.69, 9.17) is 0 Å². The molecule has 4 rings (SSSR count). The van der Waals surface area contributed by atoms with Crippen LogP contribution in [0.3, 0.4) is 0 Å². The third-order valence-corrected chi connectivity index (χ3v) is 7.07. The van der Waals surface area contributed by atoms with Gasteiger partial charge in [0.25, 0.3) is 5.56 Å². The summed E-state index contributed by atoms with van der Waals surface area (Å²) in [7, 11) is 0. The summed E-state index contributed by atoms with van der Waals surface area (Å²) >= 11 is 2.91. The number of thiophene rings is 1. The highest BCUT2D eigenvalue weighted by Crippen LogP contribution is 2.30. The first kappa shape index (κ1) is 21.3. The van der Waals surface area contributed by atoms with Gasteiger partial charge in [0.2, 0.25) is 5.91 Å². The van der Waals surface area contributed by atoms with Crippen molar-refractivity contribution in [3.63, 3.8) is 0 Å². The van der Waals surface area contributed by atoms with Gasteiger partial charge < -0.3 is 10.3 Å². The highest BCUT2D eigenvalue weighted by atomic mass is 32.2. The second-order valence-corrected chi connectivity index (χ2v) is 9.39. The number of aromatic nitrogens is 2. The minimum Gasteiger partial charge on any atom is -0.325 e. The van der Waals surface area contributed by atoms with E-state index < -0.39 is 0 Å². The Morgan fingerprint density at radius 1 is 1.16 bits per heavy atom. The molecule has 0 fully saturated rings. The molecule has 0 aliphatic carbocycles. The normalized spacial score (nSPS) is 12.1. The van der Waals surface area contributed by atoms with E-state index in [1.807, 2.05) is 66.9 Å². The van der Waals surface area contributed by atoms with E-state index >= 15 is 0 Å². The summed E-state index contributed by atoms with van der Waals surface area (Å²) < 4.78 is 0. The predicted molar refractivity (Wildman–Crippen MR) is 131 cm³/mol. The van der Waals surface area contributed by atoms with Crippen LogP contribution in [0.5, 0.6) is 0 Å². The maximum Gasteiger partial charge on any atom is 0.260 e. The summed E-state index contributed by atoms with van der Waals surface area (Å²) in [5.74, 6) is 0.962. The van der Waals surface area contributed by atoms with E-state index in [-0.39, 0.29) is 16.7 Å². The molecule has 2 aromatic heterocycles. The fourth-order valence-corrected chi connectivity index (χ4v) is 4.96. The number of nitrogens with one attached hydrogen (secondary N) is 2. The van der Waals surface area contributed by atoms with Gasteiger partial charge in [0.15, 0.2) is 0 Å². The fourth-order valence-electron chi connectivity index (χ4n) is 3.24. The average Bonchev–Trinajstić information content (AvgIpc) is 3.23. The van der Waals surface area contributed by atoms with Gasteiger partial charge in [-0.2, -0.15) is 0 Å². The van der Waals surface area contributed by atoms with Crippen LogP contribution in [0.15, 0.2) is 64.8 Å². The summed E-state index contributed by atoms with van der Waals surface area (Å²) in [5.41, 5.74) is 3.77. The van der Waals surface area contributed by atoms with Crippen LogP contribution < -0.4 is 10.9 Å². The molecule has 2 N–H and O–H groups in total. The zero-order valence-corrected chi connectivity index (χ0v) is 19.0. The Labute approximate surface area is 188 Å². The van der Waals surface area contributed by atoms with Crippen LogP contribution in [0, 0.1) is 0 Å². The lowest BCUT2D eigenvalue weighted by Crippen LogP contribution is -2.23. The van der Waals surface area contributed by atoms with Crippen LogP contribution in [0.4, 0.5) is 5.69 Å². The monoisotopic (exact) mass is 449 g/mol. The number of carbonyl (C=O) groups excluding carboxylic acids is 1. The molecule has 0 radical (unpaired) electrons. The molecule has 4 aromatic rings. The molecule has 0 saturated heterocycles. The van der Waals surface area contributed by atoms with Crippen molar-refractivity contribution in [1.29, 1.82) is 0 Å². The largest absolute Gasteiger partial charge is 0.325 e. The Morgan fingerprint density at radius 2 is 1.90 bits per heavy atom. The number of aryl methyl sites for hydroxylation is 1. The molecule has 7 heteroatoms. The smallest absolute Gasteiger partial charge is 0.260 e. The van der Waals surface area contributed by atoms with Gasteiger partial charge in [-0.05, 0) is 36.6 Å². The number of aromatic amines is 1. The summed E-state index contributed by atoms with van der Waals surface area (Å²) in [6, 6.07) is 17.7. The Balaban J connectivity index is 1.43. The maximum atomic E-state index is 12.7. The van der Waals surface area contributed by atoms with E-state index in [0.717, 1.165) is 23.2 Å². The van der Waals surface area contributed by atoms with E-state index in [0.29, 0.717) is 21.8 Å². The highest BCUT2D eigenvalue weighted by molar-refractivity contribution is 7.99. The Hall–Kier alpha value is -2.90. The maximum absolute atomic E-state index is 12.7. The molecule has 0 saturated carbocycles. The first-order valence-electron chi connectivity index (χ1n) is 10.1. The SMILES string of the molecule is CCc1ccc(NC(=O)C(C)SCc2nc3scc(-c4ccccc4)c3c(=O)[nH]2)cc1. The molecule has 5 nitrogen and oxygen atoms in total. The first-order valence-corrected chi connectivity index (χ1v) is 12.0. The van der Waals surface area contributed by atoms with Crippen molar-refractivity contribution in [2.24, 2.45) is 0 Å². The van der Waals surface area contributed by atoms with Crippen LogP contribution in [-0.4, -0.2) is 21.1 Å². The van der Waals surface area contributed by atoms with E-state index in [1.54, 1.807) is 0 Å². The number of hydrogen-bond acceptors (Lipinski definition) is 5. The standard InChI is InChI=1S/C24H23N3O2S2/c1-3-16-9-11-18(12-10-16)25-22(28)15(2)30-14-20-26-23(29)21-19(13-31-24(21)27-20)17-7-5-4-6-8-17/h4-13,15H,3,14H2,1-2H3,(H,25,28)(H,26,27,29). The third-order valence-electron chi connectivity index (χ3n) is 5.05. The van der Waals surface area contributed by atoms with Gasteiger partial charge in [-0.3, -0.25) is 9.59 Å². The van der Waals surface area contributed by atoms with Crippen molar-refractivity contribution < 1.29 is 4.79 Å². The Kier molecular flexibility index (Phi) is 6.53. The molecule has 31 heavy (non-hydrogen) atoms. The van der Waals surface area contributed by atoms with Crippen molar-refractivity contribution in [2.45, 2.75) is 31.3 Å². The van der Waals surface area contributed by atoms with Crippen molar-refractivity contribution in [2.75, 3.05) is 5.32 Å². The molecule has 0 spiro atoms. The van der Waals surface area contributed by atoms with Crippen LogP contribution in [0.1, 0.15) is 25.2 Å². The van der Waals surface area contributed by atoms with E-state index in [2.05, 4.69) is 22.2 Å². The number of anilines is 1. The zero-order valence-electron chi connectivity index (χ0n) is 17.3. The molecule has 2 heterocycles. The van der Waals surface area contributed by atoms with Gasteiger partial charge in [0, 0.05) is 16.6 Å². The van der Waals surface area contributed by atoms with Gasteiger partial charge in [0.1, 0.15) is 10.7 Å². The average molecular weight is 450 g/mol. The van der Waals surface area contributed by atoms with Crippen LogP contribution >= 0.6 is 23.1 Å². The number of hydrogen-bond donors (Lipinski definition) is 2. The lowest BCUT2D eigenvalue weighted by atomic mass is 10.1. The molecular formula is C24H23N3O2S2. The quantitative estimate of drug-likeness (QED) is 0.392. The molecule has 158 valence electrons. The lowest BCUT2D eigenvalue weighted by molar-refractivity contribution is -0.115. The van der Waals surface area contributed by atoms with Crippen molar-refractivity contribution >= 4 is 44.9 Å². The Morgan fingerprint density at radius 3 is 2.61 bits per heavy atom. The zero-order chi connectivity index (χ0) is 21.8. The molecule has 0 aliphatic rings. The van der Waals surface area contributed by atoms with Gasteiger partial charge in [-0.15, -0.1) is 23.1 Å². The molecule has 1 atom stereocenters. The number of rotatable bonds is 7. The minimum atomic E-state index is -0.282. The minimum absolute atomic E-state index is 0.0693. The predicted octanol–water partition coefficient (Wildman–Crippen LogP) is 5.47. The van der Waals surface area contributed by atoms with Crippen molar-refractivity contribution in [3.8, 4) is 11.1 Å². The van der Waals surface area contributed by atoms with Crippen molar-refractivity contribution in [3.05, 3.63) is 81.7 Å². The van der Waals surface area contributed by atoms with E-state index in [9.17, 15) is 9.59 Å². The number of benzene rings is 2. The van der Waals surface area contributed by atoms with Crippen LogP contribution in [-0.2, 0) is 17.0 Å². The molecule has 2 aromatic carbocycles. The van der Waals surface area contributed by atoms with Crippen molar-refractivity contribution in [1.82, 2.24) is 9.97 Å². The van der Waals surface area contributed by atoms with Gasteiger partial charge >= 0.3 is 0 Å². The summed E-state index contributed by atoms with van der Waals surface area (Å²) in [6.45, 7) is 3.95. The molecule has 0 bridgehead atoms. The van der Waals surface area contributed by atoms with Gasteiger partial charge in [0.05, 0.1) is 16.4 Å². The number of amides is 1. The highest BCUT2D eigenvalue weighted by Gasteiger charge is 2.16. The number of thioether (sulfide) groups is 1. The van der Waals surface area contributed by atoms with Crippen LogP contribution in [0.2, 0.25) is 0 Å². The summed E-state index contributed by atoms with van der Waals surface area (Å²) in [5, 5.41) is 5.25. The second-order valence-electron chi connectivity index (χ2n) is 7.20.